The maximum atomic E-state index is 14.6. The van der Waals surface area contributed by atoms with E-state index in [1.165, 1.54) is 0 Å². The van der Waals surface area contributed by atoms with Gasteiger partial charge in [0.1, 0.15) is 11.4 Å². The number of aromatic nitrogens is 4. The first-order valence-corrected chi connectivity index (χ1v) is 16.4. The summed E-state index contributed by atoms with van der Waals surface area (Å²) < 4.78 is 73.8. The molecule has 14 heteroatoms. The monoisotopic (exact) mass is 682 g/mol. The van der Waals surface area contributed by atoms with Crippen molar-refractivity contribution in [1.29, 1.82) is 0 Å². The third-order valence-corrected chi connectivity index (χ3v) is 10.5. The Hall–Kier alpha value is -4.62. The lowest BCUT2D eigenvalue weighted by molar-refractivity contribution is -0.146. The van der Waals surface area contributed by atoms with E-state index in [0.717, 1.165) is 12.6 Å². The number of carbonyl (C=O) groups excluding carboxylic acids is 1. The number of alkyl halides is 5. The van der Waals surface area contributed by atoms with Crippen molar-refractivity contribution in [3.8, 4) is 11.4 Å². The number of rotatable bonds is 7. The third kappa shape index (κ3) is 6.21. The molecule has 0 aliphatic heterocycles. The third-order valence-electron chi connectivity index (χ3n) is 10.5. The van der Waals surface area contributed by atoms with E-state index < -0.39 is 46.7 Å². The summed E-state index contributed by atoms with van der Waals surface area (Å²) in [5.41, 5.74) is -2.60. The van der Waals surface area contributed by atoms with Gasteiger partial charge in [-0.15, -0.1) is 0 Å². The molecule has 3 aliphatic carbocycles. The van der Waals surface area contributed by atoms with Crippen LogP contribution in [0.25, 0.3) is 22.3 Å². The number of halogens is 5. The predicted molar refractivity (Wildman–Crippen MR) is 170 cm³/mol. The Balaban J connectivity index is 1.28. The first-order valence-electron chi connectivity index (χ1n) is 16.4. The Bertz CT molecular complexity index is 1900. The quantitative estimate of drug-likeness (QED) is 0.169. The van der Waals surface area contributed by atoms with Gasteiger partial charge in [0.2, 0.25) is 5.92 Å². The summed E-state index contributed by atoms with van der Waals surface area (Å²) in [6, 6.07) is 10.2. The Morgan fingerprint density at radius 3 is 2.51 bits per heavy atom. The summed E-state index contributed by atoms with van der Waals surface area (Å²) in [7, 11) is 0. The minimum Gasteiger partial charge on any atom is -0.479 e. The molecule has 7 rings (SSSR count). The molecular weight excluding hydrogens is 647 g/mol. The van der Waals surface area contributed by atoms with Crippen molar-refractivity contribution < 1.29 is 36.6 Å². The zero-order valence-electron chi connectivity index (χ0n) is 26.6. The van der Waals surface area contributed by atoms with Crippen molar-refractivity contribution in [1.82, 2.24) is 24.8 Å². The second-order valence-corrected chi connectivity index (χ2v) is 13.9. The average Bonchev–Trinajstić information content (AvgIpc) is 3.55. The number of amides is 1. The van der Waals surface area contributed by atoms with E-state index in [-0.39, 0.29) is 61.4 Å². The molecule has 9 nitrogen and oxygen atoms in total. The number of carboxylic acid groups (broad SMARTS) is 1. The van der Waals surface area contributed by atoms with Crippen LogP contribution in [-0.4, -0.2) is 48.0 Å². The number of hydrogen-bond acceptors (Lipinski definition) is 6. The van der Waals surface area contributed by atoms with Gasteiger partial charge >= 0.3 is 12.1 Å². The van der Waals surface area contributed by atoms with Crippen LogP contribution < -0.4 is 10.6 Å². The van der Waals surface area contributed by atoms with Gasteiger partial charge in [-0.2, -0.15) is 13.2 Å². The van der Waals surface area contributed by atoms with Gasteiger partial charge in [0.25, 0.3) is 5.91 Å². The molecule has 4 atom stereocenters. The van der Waals surface area contributed by atoms with Crippen molar-refractivity contribution in [2.45, 2.75) is 82.0 Å². The molecule has 3 N–H and O–H groups in total. The van der Waals surface area contributed by atoms with Crippen LogP contribution >= 0.6 is 0 Å². The Morgan fingerprint density at radius 2 is 1.82 bits per heavy atom. The zero-order valence-corrected chi connectivity index (χ0v) is 26.6. The smallest absolute Gasteiger partial charge is 0.434 e. The molecule has 1 amide bonds. The lowest BCUT2D eigenvalue weighted by Crippen LogP contribution is -2.57. The van der Waals surface area contributed by atoms with Gasteiger partial charge in [0, 0.05) is 54.1 Å². The molecule has 4 aromatic rings. The van der Waals surface area contributed by atoms with Crippen LogP contribution in [0.3, 0.4) is 0 Å². The molecule has 3 aliphatic rings. The number of nitrogens with zero attached hydrogens (tertiary/aromatic N) is 4. The second-order valence-electron chi connectivity index (χ2n) is 13.9. The normalized spacial score (nSPS) is 25.3. The molecule has 0 saturated heterocycles. The number of hydrogen-bond donors (Lipinski definition) is 3. The molecule has 3 fully saturated rings. The van der Waals surface area contributed by atoms with E-state index in [0.29, 0.717) is 35.2 Å². The van der Waals surface area contributed by atoms with E-state index in [1.54, 1.807) is 53.4 Å². The predicted octanol–water partition coefficient (Wildman–Crippen LogP) is 8.02. The maximum Gasteiger partial charge on any atom is 0.434 e. The molecule has 2 bridgehead atoms. The maximum absolute atomic E-state index is 14.6. The van der Waals surface area contributed by atoms with E-state index >= 15 is 0 Å². The molecule has 0 spiro atoms. The van der Waals surface area contributed by atoms with Gasteiger partial charge in [-0.1, -0.05) is 19.1 Å². The number of carbonyl (C=O) groups is 2. The molecule has 258 valence electrons. The van der Waals surface area contributed by atoms with E-state index in [2.05, 4.69) is 25.6 Å². The van der Waals surface area contributed by atoms with E-state index in [1.807, 2.05) is 6.92 Å². The molecule has 0 radical (unpaired) electrons. The Morgan fingerprint density at radius 1 is 1.04 bits per heavy atom. The lowest BCUT2D eigenvalue weighted by atomic mass is 9.78. The van der Waals surface area contributed by atoms with Crippen LogP contribution in [0.2, 0.25) is 0 Å². The molecule has 49 heavy (non-hydrogen) atoms. The van der Waals surface area contributed by atoms with Gasteiger partial charge in [-0.05, 0) is 80.5 Å². The van der Waals surface area contributed by atoms with Gasteiger partial charge in [0.05, 0.1) is 11.1 Å². The SMILES string of the molecule is CC1CC2CC(C1)C(NC(=O)c1cnc(-c3cn(C4CCC(F)(F)CC4)c4cc(Nc5ccccn5)ccc34)nc1C(F)(F)F)(C(=O)O)C2. The van der Waals surface area contributed by atoms with E-state index in [9.17, 15) is 36.6 Å². The lowest BCUT2D eigenvalue weighted by Gasteiger charge is -2.33. The summed E-state index contributed by atoms with van der Waals surface area (Å²) in [4.78, 5) is 38.4. The highest BCUT2D eigenvalue weighted by Crippen LogP contribution is 2.51. The fraction of sp³-hybridized carbons (Fsp3) is 0.457. The summed E-state index contributed by atoms with van der Waals surface area (Å²) in [6.45, 7) is 2.01. The minimum absolute atomic E-state index is 0.0539. The van der Waals surface area contributed by atoms with Crippen LogP contribution in [-0.2, 0) is 11.0 Å². The molecule has 4 unspecified atom stereocenters. The Kier molecular flexibility index (Phi) is 8.10. The van der Waals surface area contributed by atoms with Gasteiger partial charge in [0.15, 0.2) is 11.5 Å². The standard InChI is InChI=1S/C35H35F5N6O3/c1-19-12-20-14-21(13-19)34(16-20,32(48)49)45-31(47)25-17-42-30(44-29(25)35(38,39)40)26-18-46(23-7-9-33(36,37)10-8-23)27-15-22(5-6-24(26)27)43-28-4-2-3-11-41-28/h2-6,11,15,17-21,23H,7-10,12-14,16H2,1H3,(H,41,43)(H,45,47)(H,48,49). The highest BCUT2D eigenvalue weighted by atomic mass is 19.4. The number of benzene rings is 1. The van der Waals surface area contributed by atoms with Crippen LogP contribution in [0.1, 0.15) is 80.4 Å². The van der Waals surface area contributed by atoms with Crippen LogP contribution in [0, 0.1) is 17.8 Å². The number of pyridine rings is 1. The van der Waals surface area contributed by atoms with Crippen molar-refractivity contribution >= 4 is 34.3 Å². The van der Waals surface area contributed by atoms with Gasteiger partial charge in [-0.3, -0.25) is 4.79 Å². The Labute approximate surface area is 278 Å². The fourth-order valence-corrected chi connectivity index (χ4v) is 8.27. The van der Waals surface area contributed by atoms with Crippen LogP contribution in [0.15, 0.2) is 55.0 Å². The molecular formula is C35H35F5N6O3. The number of nitrogens with one attached hydrogen (secondary N) is 2. The minimum atomic E-state index is -5.08. The highest BCUT2D eigenvalue weighted by Gasteiger charge is 2.56. The zero-order chi connectivity index (χ0) is 34.7. The highest BCUT2D eigenvalue weighted by molar-refractivity contribution is 6.00. The topological polar surface area (TPSA) is 122 Å². The van der Waals surface area contributed by atoms with Crippen LogP contribution in [0.5, 0.6) is 0 Å². The fourth-order valence-electron chi connectivity index (χ4n) is 8.27. The number of aliphatic carboxylic acids is 1. The first kappa shape index (κ1) is 32.9. The summed E-state index contributed by atoms with van der Waals surface area (Å²) in [5.74, 6) is -5.11. The largest absolute Gasteiger partial charge is 0.479 e. The van der Waals surface area contributed by atoms with Crippen LogP contribution in [0.4, 0.5) is 33.5 Å². The molecule has 3 saturated carbocycles. The molecule has 1 aromatic carbocycles. The van der Waals surface area contributed by atoms with Crippen molar-refractivity contribution in [3.05, 3.63) is 66.2 Å². The average molecular weight is 683 g/mol. The second kappa shape index (κ2) is 12.1. The molecule has 3 heterocycles. The number of fused-ring (bicyclic) bond motifs is 3. The first-order chi connectivity index (χ1) is 23.2. The number of anilines is 2. The van der Waals surface area contributed by atoms with Crippen molar-refractivity contribution in [2.24, 2.45) is 17.8 Å². The molecule has 3 aromatic heterocycles. The van der Waals surface area contributed by atoms with E-state index in [4.69, 9.17) is 0 Å². The van der Waals surface area contributed by atoms with Crippen molar-refractivity contribution in [3.63, 3.8) is 0 Å². The van der Waals surface area contributed by atoms with Gasteiger partial charge in [-0.25, -0.2) is 28.5 Å². The number of carboxylic acids is 1. The summed E-state index contributed by atoms with van der Waals surface area (Å²) in [6.07, 6.45) is 0.661. The van der Waals surface area contributed by atoms with Crippen molar-refractivity contribution in [2.75, 3.05) is 5.32 Å². The van der Waals surface area contributed by atoms with Gasteiger partial charge < -0.3 is 20.3 Å². The summed E-state index contributed by atoms with van der Waals surface area (Å²) >= 11 is 0. The summed E-state index contributed by atoms with van der Waals surface area (Å²) in [5, 5.41) is 16.4.